The van der Waals surface area contributed by atoms with Crippen LogP contribution < -0.4 is 5.32 Å². The fourth-order valence-electron chi connectivity index (χ4n) is 2.71. The van der Waals surface area contributed by atoms with Crippen molar-refractivity contribution < 1.29 is 29.0 Å². The highest BCUT2D eigenvalue weighted by Crippen LogP contribution is 2.32. The van der Waals surface area contributed by atoms with Crippen LogP contribution in [-0.2, 0) is 14.3 Å². The van der Waals surface area contributed by atoms with Crippen molar-refractivity contribution in [3.63, 3.8) is 0 Å². The molecule has 0 atom stereocenters. The Morgan fingerprint density at radius 3 is 2.71 bits per heavy atom. The van der Waals surface area contributed by atoms with Gasteiger partial charge < -0.3 is 15.2 Å². The van der Waals surface area contributed by atoms with E-state index >= 15 is 0 Å². The maximum Gasteiger partial charge on any atom is 0.339 e. The van der Waals surface area contributed by atoms with Crippen LogP contribution in [0.15, 0.2) is 47.4 Å². The number of anilines is 1. The van der Waals surface area contributed by atoms with Gasteiger partial charge in [-0.25, -0.2) is 4.79 Å². The second kappa shape index (κ2) is 9.67. The van der Waals surface area contributed by atoms with E-state index in [2.05, 4.69) is 5.32 Å². The standard InChI is InChI=1S/C21H17ClN2O6S/c1-2-30-20(28)15-10-13(6-7-16(15)22)23-18(26)11-24-19(27)17(31-21(24)29)9-12-4-3-5-14(25)8-12/h3-10,25H,2,11H2,1H3,(H,23,26)/b17-9+. The number of ether oxygens (including phenoxy) is 1. The maximum absolute atomic E-state index is 12.5. The van der Waals surface area contributed by atoms with Crippen LogP contribution >= 0.6 is 23.4 Å². The Labute approximate surface area is 186 Å². The van der Waals surface area contributed by atoms with Crippen molar-refractivity contribution in [2.24, 2.45) is 0 Å². The molecular formula is C21H17ClN2O6S. The van der Waals surface area contributed by atoms with Crippen LogP contribution in [0.3, 0.4) is 0 Å². The quantitative estimate of drug-likeness (QED) is 0.496. The van der Waals surface area contributed by atoms with Crippen molar-refractivity contribution >= 4 is 58.1 Å². The fourth-order valence-corrected chi connectivity index (χ4v) is 3.75. The number of thioether (sulfide) groups is 1. The molecule has 0 spiro atoms. The molecule has 1 saturated heterocycles. The van der Waals surface area contributed by atoms with Crippen molar-refractivity contribution in [2.75, 3.05) is 18.5 Å². The molecule has 0 aliphatic carbocycles. The van der Waals surface area contributed by atoms with Crippen molar-refractivity contribution in [1.82, 2.24) is 4.90 Å². The minimum atomic E-state index is -0.633. The van der Waals surface area contributed by atoms with Gasteiger partial charge in [0, 0.05) is 5.69 Å². The van der Waals surface area contributed by atoms with Gasteiger partial charge >= 0.3 is 5.97 Å². The first kappa shape index (κ1) is 22.4. The molecule has 0 aromatic heterocycles. The predicted octanol–water partition coefficient (Wildman–Crippen LogP) is 3.90. The molecular weight excluding hydrogens is 444 g/mol. The summed E-state index contributed by atoms with van der Waals surface area (Å²) in [5.74, 6) is -1.85. The van der Waals surface area contributed by atoms with Gasteiger partial charge in [-0.1, -0.05) is 23.7 Å². The lowest BCUT2D eigenvalue weighted by Gasteiger charge is -2.13. The Kier molecular flexibility index (Phi) is 6.98. The summed E-state index contributed by atoms with van der Waals surface area (Å²) in [5.41, 5.74) is 0.892. The van der Waals surface area contributed by atoms with E-state index in [0.717, 1.165) is 4.90 Å². The Hall–Kier alpha value is -3.30. The highest BCUT2D eigenvalue weighted by molar-refractivity contribution is 8.18. The van der Waals surface area contributed by atoms with Gasteiger partial charge in [0.25, 0.3) is 11.1 Å². The van der Waals surface area contributed by atoms with Crippen LogP contribution in [0.2, 0.25) is 5.02 Å². The first-order valence-corrected chi connectivity index (χ1v) is 10.3. The molecule has 2 N–H and O–H groups in total. The molecule has 1 heterocycles. The molecule has 0 bridgehead atoms. The topological polar surface area (TPSA) is 113 Å². The number of rotatable bonds is 6. The monoisotopic (exact) mass is 460 g/mol. The van der Waals surface area contributed by atoms with Crippen molar-refractivity contribution in [2.45, 2.75) is 6.92 Å². The molecule has 31 heavy (non-hydrogen) atoms. The first-order valence-electron chi connectivity index (χ1n) is 9.09. The summed E-state index contributed by atoms with van der Waals surface area (Å²) in [6, 6.07) is 10.5. The lowest BCUT2D eigenvalue weighted by Crippen LogP contribution is -2.36. The first-order chi connectivity index (χ1) is 14.8. The number of benzene rings is 2. The zero-order valence-electron chi connectivity index (χ0n) is 16.3. The summed E-state index contributed by atoms with van der Waals surface area (Å²) < 4.78 is 4.91. The Bertz CT molecular complexity index is 1100. The number of aromatic hydroxyl groups is 1. The number of amides is 3. The average Bonchev–Trinajstić information content (AvgIpc) is 2.97. The van der Waals surface area contributed by atoms with Gasteiger partial charge in [0.1, 0.15) is 12.3 Å². The van der Waals surface area contributed by atoms with Crippen molar-refractivity contribution in [3.8, 4) is 5.75 Å². The molecule has 0 radical (unpaired) electrons. The van der Waals surface area contributed by atoms with Crippen LogP contribution in [0.5, 0.6) is 5.75 Å². The normalized spacial score (nSPS) is 14.8. The SMILES string of the molecule is CCOC(=O)c1cc(NC(=O)CN2C(=O)S/C(=C/c3cccc(O)c3)C2=O)ccc1Cl. The number of imide groups is 1. The number of nitrogens with one attached hydrogen (secondary N) is 1. The van der Waals surface area contributed by atoms with E-state index in [9.17, 15) is 24.3 Å². The van der Waals surface area contributed by atoms with Gasteiger partial charge in [0.2, 0.25) is 5.91 Å². The summed E-state index contributed by atoms with van der Waals surface area (Å²) in [5, 5.41) is 11.6. The van der Waals surface area contributed by atoms with E-state index in [1.165, 1.54) is 36.4 Å². The number of carbonyl (C=O) groups excluding carboxylic acids is 4. The van der Waals surface area contributed by atoms with E-state index < -0.39 is 29.6 Å². The summed E-state index contributed by atoms with van der Waals surface area (Å²) in [6.45, 7) is 1.32. The lowest BCUT2D eigenvalue weighted by atomic mass is 10.2. The largest absolute Gasteiger partial charge is 0.508 e. The van der Waals surface area contributed by atoms with E-state index in [1.807, 2.05) is 0 Å². The Morgan fingerprint density at radius 1 is 1.23 bits per heavy atom. The molecule has 0 saturated carbocycles. The van der Waals surface area contributed by atoms with Crippen LogP contribution in [-0.4, -0.2) is 46.2 Å². The Morgan fingerprint density at radius 2 is 2.00 bits per heavy atom. The molecule has 1 aliphatic rings. The summed E-state index contributed by atoms with van der Waals surface area (Å²) in [4.78, 5) is 50.0. The second-order valence-electron chi connectivity index (χ2n) is 6.33. The van der Waals surface area contributed by atoms with E-state index in [4.69, 9.17) is 16.3 Å². The van der Waals surface area contributed by atoms with Gasteiger partial charge in [-0.3, -0.25) is 19.3 Å². The lowest BCUT2D eigenvalue weighted by molar-refractivity contribution is -0.127. The van der Waals surface area contributed by atoms with Crippen LogP contribution in [0.1, 0.15) is 22.8 Å². The van der Waals surface area contributed by atoms with E-state index in [1.54, 1.807) is 19.1 Å². The highest BCUT2D eigenvalue weighted by Gasteiger charge is 2.36. The zero-order chi connectivity index (χ0) is 22.5. The average molecular weight is 461 g/mol. The second-order valence-corrected chi connectivity index (χ2v) is 7.73. The van der Waals surface area contributed by atoms with Gasteiger partial charge in [-0.15, -0.1) is 0 Å². The smallest absolute Gasteiger partial charge is 0.339 e. The number of phenolic OH excluding ortho intramolecular Hbond substituents is 1. The molecule has 2 aromatic rings. The number of phenols is 1. The van der Waals surface area contributed by atoms with E-state index in [0.29, 0.717) is 17.3 Å². The fraction of sp³-hybridized carbons (Fsp3) is 0.143. The molecule has 2 aromatic carbocycles. The minimum absolute atomic E-state index is 0.0255. The third-order valence-corrected chi connectivity index (χ3v) is 5.33. The summed E-state index contributed by atoms with van der Waals surface area (Å²) >= 11 is 6.70. The molecule has 10 heteroatoms. The van der Waals surface area contributed by atoms with Crippen molar-refractivity contribution in [3.05, 3.63) is 63.5 Å². The molecule has 3 amide bonds. The van der Waals surface area contributed by atoms with Gasteiger partial charge in [0.15, 0.2) is 0 Å². The van der Waals surface area contributed by atoms with Crippen LogP contribution in [0.4, 0.5) is 10.5 Å². The summed E-state index contributed by atoms with van der Waals surface area (Å²) in [7, 11) is 0. The zero-order valence-corrected chi connectivity index (χ0v) is 17.8. The minimum Gasteiger partial charge on any atom is -0.508 e. The van der Waals surface area contributed by atoms with Gasteiger partial charge in [-0.05, 0) is 60.7 Å². The number of hydrogen-bond acceptors (Lipinski definition) is 7. The van der Waals surface area contributed by atoms with Gasteiger partial charge in [-0.2, -0.15) is 0 Å². The Balaban J connectivity index is 1.69. The van der Waals surface area contributed by atoms with Crippen molar-refractivity contribution in [1.29, 1.82) is 0 Å². The molecule has 8 nitrogen and oxygen atoms in total. The van der Waals surface area contributed by atoms with Gasteiger partial charge in [0.05, 0.1) is 22.1 Å². The number of esters is 1. The van der Waals surface area contributed by atoms with E-state index in [-0.39, 0.29) is 33.5 Å². The molecule has 1 fully saturated rings. The highest BCUT2D eigenvalue weighted by atomic mass is 35.5. The number of halogens is 1. The molecule has 160 valence electrons. The predicted molar refractivity (Wildman–Crippen MR) is 117 cm³/mol. The van der Waals surface area contributed by atoms with Crippen LogP contribution in [0.25, 0.3) is 6.08 Å². The number of carbonyl (C=O) groups is 4. The number of hydrogen-bond donors (Lipinski definition) is 2. The number of nitrogens with zero attached hydrogens (tertiary/aromatic N) is 1. The molecule has 1 aliphatic heterocycles. The summed E-state index contributed by atoms with van der Waals surface area (Å²) in [6.07, 6.45) is 1.47. The van der Waals surface area contributed by atoms with Crippen LogP contribution in [0, 0.1) is 0 Å². The third kappa shape index (κ3) is 5.44. The molecule has 3 rings (SSSR count). The molecule has 0 unspecified atom stereocenters. The third-order valence-electron chi connectivity index (χ3n) is 4.09. The maximum atomic E-state index is 12.5.